The third kappa shape index (κ3) is 17.1. The number of sulfonamides is 2. The molecule has 3 aromatic carbocycles. The number of nitrogens with one attached hydrogen (secondary N) is 4. The van der Waals surface area contributed by atoms with E-state index in [2.05, 4.69) is 10.6 Å². The summed E-state index contributed by atoms with van der Waals surface area (Å²) in [6.07, 6.45) is 8.00. The fraction of sp³-hybridized carbons (Fsp3) is 0.596. The number of rotatable bonds is 25. The van der Waals surface area contributed by atoms with Gasteiger partial charge in [0.2, 0.25) is 0 Å². The van der Waals surface area contributed by atoms with Crippen molar-refractivity contribution in [3.8, 4) is 6.07 Å². The van der Waals surface area contributed by atoms with Gasteiger partial charge in [-0.05, 0) is 64.0 Å². The van der Waals surface area contributed by atoms with Crippen LogP contribution in [0.15, 0.2) is 70.5 Å². The number of nitrogens with zero attached hydrogens (tertiary/aromatic N) is 4. The molecule has 0 radical (unpaired) electrons. The second-order valence-electron chi connectivity index (χ2n) is 20.9. The number of thioether (sulfide) groups is 1. The van der Waals surface area contributed by atoms with E-state index in [0.29, 0.717) is 75.9 Å². The average Bonchev–Trinajstić information content (AvgIpc) is 3.36. The number of anilines is 2. The van der Waals surface area contributed by atoms with Gasteiger partial charge in [0.05, 0.1) is 16.1 Å². The van der Waals surface area contributed by atoms with Gasteiger partial charge in [-0.3, -0.25) is 4.79 Å². The van der Waals surface area contributed by atoms with Gasteiger partial charge in [-0.1, -0.05) is 30.3 Å². The maximum absolute atomic E-state index is 16.9. The van der Waals surface area contributed by atoms with Crippen molar-refractivity contribution in [1.82, 2.24) is 19.2 Å². The molecule has 3 aromatic rings. The molecule has 0 heterocycles. The second-order valence-corrected chi connectivity index (χ2v) is 28.0. The molecule has 3 fully saturated rings. The van der Waals surface area contributed by atoms with Crippen LogP contribution in [0, 0.1) is 37.5 Å². The van der Waals surface area contributed by atoms with E-state index < -0.39 is 75.4 Å². The number of alkyl halides is 2. The Morgan fingerprint density at radius 3 is 2.08 bits per heavy atom. The Labute approximate surface area is 455 Å². The molecule has 414 valence electrons. The van der Waals surface area contributed by atoms with E-state index in [9.17, 15) is 41.8 Å². The zero-order chi connectivity index (χ0) is 54.6. The summed E-state index contributed by atoms with van der Waals surface area (Å²) in [7, 11) is -1.64. The van der Waals surface area contributed by atoms with Crippen LogP contribution in [0.2, 0.25) is 0 Å². The zero-order valence-corrected chi connectivity index (χ0v) is 47.7. The van der Waals surface area contributed by atoms with Crippen molar-refractivity contribution in [2.24, 2.45) is 11.8 Å². The molecule has 4 unspecified atom stereocenters. The van der Waals surface area contributed by atoms with Crippen LogP contribution in [0.5, 0.6) is 0 Å². The molecule has 23 heteroatoms. The summed E-state index contributed by atoms with van der Waals surface area (Å²) in [5, 5.41) is 26.6. The monoisotopic (exact) mass is 1220 g/mol. The van der Waals surface area contributed by atoms with Crippen LogP contribution >= 0.6 is 11.8 Å². The predicted molar refractivity (Wildman–Crippen MR) is 279 cm³/mol. The maximum atomic E-state index is 16.9. The van der Waals surface area contributed by atoms with Gasteiger partial charge in [-0.15, -0.1) is 0 Å². The second kappa shape index (κ2) is 26.9. The van der Waals surface area contributed by atoms with Gasteiger partial charge in [0.1, 0.15) is 11.9 Å². The number of carbonyl (C=O) groups excluding carboxylic acids is 2. The summed E-state index contributed by atoms with van der Waals surface area (Å²) < 4.78 is 106. The van der Waals surface area contributed by atoms with Crippen LogP contribution in [0.4, 0.5) is 24.5 Å². The van der Waals surface area contributed by atoms with Crippen molar-refractivity contribution in [2.45, 2.75) is 148 Å². The van der Waals surface area contributed by atoms with E-state index in [-0.39, 0.29) is 77.7 Å². The van der Waals surface area contributed by atoms with Crippen LogP contribution in [-0.2, 0) is 36.1 Å². The molecule has 3 aliphatic rings. The molecule has 5 N–H and O–H groups in total. The van der Waals surface area contributed by atoms with Crippen LogP contribution in [0.1, 0.15) is 114 Å². The number of aryl methyl sites for hydroxylation is 1. The van der Waals surface area contributed by atoms with E-state index in [1.54, 1.807) is 11.8 Å². The average molecular weight is 1220 g/mol. The van der Waals surface area contributed by atoms with Gasteiger partial charge in [-0.2, -0.15) is 5.26 Å². The van der Waals surface area contributed by atoms with Crippen molar-refractivity contribution in [1.29, 1.82) is 5.26 Å². The Morgan fingerprint density at radius 2 is 1.43 bits per heavy atom. The van der Waals surface area contributed by atoms with Gasteiger partial charge in [0.25, 0.3) is 15.9 Å². The Balaban J connectivity index is 1.09. The fourth-order valence-corrected chi connectivity index (χ4v) is 15.7. The first-order valence-electron chi connectivity index (χ1n) is 25.7. The molecule has 0 bridgehead atoms. The standard InChI is InChI=1S/C52H72F3IN8O8S3/c1-62(2)27-22-40(19-18-36-13-7-5-8-14-36)59-48-39(34-57)30-44(31-45(48)53)75(71,72)61-50(66)52(55)26-12-16-38(33-52)37-15-11-17-42(29-37)73-35-41(23-28-63(3)4)58-47-21-20-43(32-46(47)56-64(67)68)74(69,70)60-49(65)51(54)24-9-6-10-25-51/h5,7-8,13-14,20-21,30-32,37-38,40-42,58-59H,6,9-12,15-19,22-29,33,35H2,1-4H3,(H,60,65)(H,61,66)(H,67,68)/t37?,38?,40-,41+,42?,52?/m0/s1. The quantitative estimate of drug-likeness (QED) is 0.0413. The molecular formula is C52H72F3IN8O8S3. The molecule has 0 spiro atoms. The molecule has 75 heavy (non-hydrogen) atoms. The third-order valence-electron chi connectivity index (χ3n) is 14.6. The molecule has 2 amide bonds. The van der Waals surface area contributed by atoms with Gasteiger partial charge in [0.15, 0.2) is 0 Å². The van der Waals surface area contributed by atoms with Crippen LogP contribution in [0.25, 0.3) is 0 Å². The summed E-state index contributed by atoms with van der Waals surface area (Å²) in [4.78, 5) is 41.6. The van der Waals surface area contributed by atoms with Gasteiger partial charge in [-0.25, -0.2) is 21.9 Å². The normalized spacial score (nSPS) is 21.9. The molecule has 0 saturated heterocycles. The topological polar surface area (TPSA) is 221 Å². The van der Waals surface area contributed by atoms with E-state index in [1.807, 2.05) is 83.8 Å². The molecule has 0 aromatic heterocycles. The molecule has 0 aliphatic heterocycles. The number of nitriles is 1. The molecule has 6 rings (SSSR count). The van der Waals surface area contributed by atoms with E-state index in [0.717, 1.165) is 49.8 Å². The summed E-state index contributed by atoms with van der Waals surface area (Å²) in [5.41, 5.74) is -3.70. The first kappa shape index (κ1) is 60.0. The Morgan fingerprint density at radius 1 is 0.800 bits per heavy atom. The molecule has 3 aliphatic carbocycles. The van der Waals surface area contributed by atoms with Crippen LogP contribution in [-0.4, -0.2) is 122 Å². The van der Waals surface area contributed by atoms with Crippen molar-refractivity contribution < 1.29 is 69.4 Å². The van der Waals surface area contributed by atoms with Crippen LogP contribution < -0.4 is 41.6 Å². The number of hydrogen-bond acceptors (Lipinski definition) is 13. The van der Waals surface area contributed by atoms with Crippen molar-refractivity contribution in [3.05, 3.63) is 86.1 Å². The minimum absolute atomic E-state index is 0.0511. The van der Waals surface area contributed by atoms with E-state index in [1.165, 1.54) is 18.2 Å². The number of benzene rings is 3. The van der Waals surface area contributed by atoms with Crippen molar-refractivity contribution in [3.63, 3.8) is 0 Å². The summed E-state index contributed by atoms with van der Waals surface area (Å²) in [6, 6.07) is 16.9. The van der Waals surface area contributed by atoms with E-state index in [4.69, 9.17) is 0 Å². The first-order valence-corrected chi connectivity index (χ1v) is 31.7. The Hall–Kier alpha value is -4.22. The number of hydrogen-bond donors (Lipinski definition) is 5. The predicted octanol–water partition coefficient (Wildman–Crippen LogP) is 5.31. The number of carbonyl (C=O) groups is 2. The third-order valence-corrected chi connectivity index (χ3v) is 20.6. The number of halogens is 4. The summed E-state index contributed by atoms with van der Waals surface area (Å²) >= 11 is -0.0961. The SMILES string of the molecule is CN(C)CC[C@H](CSC1CCCC(C2CCCC(F)(C(=O)NS(=O)(=O)c3cc(F)c(N[C@@H](CCc4ccccc4)CCN(C)C)c(C#N)c3)C2)C1)Nc1ccc(S(=O)(=O)NC(=O)C2(F)CCCCC2)cc1[I-][N+](=O)O. The Bertz CT molecular complexity index is 2730. The minimum atomic E-state index is -4.80. The number of amides is 2. The van der Waals surface area contributed by atoms with Crippen LogP contribution in [0.3, 0.4) is 0 Å². The molecule has 16 nitrogen and oxygen atoms in total. The van der Waals surface area contributed by atoms with Gasteiger partial charge >= 0.3 is 272 Å². The fourth-order valence-electron chi connectivity index (χ4n) is 10.4. The first-order chi connectivity index (χ1) is 35.5. The zero-order valence-electron chi connectivity index (χ0n) is 43.1. The molecular weight excluding hydrogens is 1140 g/mol. The molecule has 6 atom stereocenters. The summed E-state index contributed by atoms with van der Waals surface area (Å²) in [6.45, 7) is 1.35. The summed E-state index contributed by atoms with van der Waals surface area (Å²) in [5.74, 6) is -3.10. The van der Waals surface area contributed by atoms with E-state index >= 15 is 13.2 Å². The molecule has 3 saturated carbocycles. The van der Waals surface area contributed by atoms with Gasteiger partial charge in [0, 0.05) is 6.04 Å². The van der Waals surface area contributed by atoms with Crippen molar-refractivity contribution >= 4 is 55.0 Å². The van der Waals surface area contributed by atoms with Crippen molar-refractivity contribution in [2.75, 3.05) is 57.7 Å². The van der Waals surface area contributed by atoms with Gasteiger partial charge < -0.3 is 10.2 Å². The Kier molecular flexibility index (Phi) is 21.5.